The molecule has 0 bridgehead atoms. The Labute approximate surface area is 109 Å². The summed E-state index contributed by atoms with van der Waals surface area (Å²) in [7, 11) is -4.00. The molecule has 0 saturated heterocycles. The number of hydrogen-bond acceptors (Lipinski definition) is 4. The van der Waals surface area contributed by atoms with Gasteiger partial charge in [-0.05, 0) is 17.2 Å². The van der Waals surface area contributed by atoms with Crippen molar-refractivity contribution in [1.29, 1.82) is 0 Å². The van der Waals surface area contributed by atoms with Gasteiger partial charge in [0.05, 0.1) is 11.9 Å². The lowest BCUT2D eigenvalue weighted by molar-refractivity contribution is -0.750. The van der Waals surface area contributed by atoms with Gasteiger partial charge in [-0.3, -0.25) is 9.54 Å². The molecule has 0 fully saturated rings. The van der Waals surface area contributed by atoms with E-state index in [0.717, 1.165) is 6.20 Å². The Kier molecular flexibility index (Phi) is 3.82. The summed E-state index contributed by atoms with van der Waals surface area (Å²) in [6.07, 6.45) is 4.16. The van der Waals surface area contributed by atoms with Gasteiger partial charge >= 0.3 is 0 Å². The first-order valence-corrected chi connectivity index (χ1v) is 6.98. The molecule has 2 aromatic heterocycles. The minimum Gasteiger partial charge on any atom is -0.285 e. The molecule has 0 aliphatic heterocycles. The van der Waals surface area contributed by atoms with Gasteiger partial charge in [-0.15, -0.1) is 0 Å². The number of halogens is 1. The fourth-order valence-corrected chi connectivity index (χ4v) is 1.84. The molecule has 0 atom stereocenters. The van der Waals surface area contributed by atoms with Crippen LogP contribution in [0.4, 0.5) is 4.39 Å². The third-order valence-corrected chi connectivity index (χ3v) is 3.07. The molecule has 100 valence electrons. The summed E-state index contributed by atoms with van der Waals surface area (Å²) in [5, 5.41) is 3.99. The topological polar surface area (TPSA) is 84.0 Å². The van der Waals surface area contributed by atoms with Crippen molar-refractivity contribution in [2.24, 2.45) is 0 Å². The van der Waals surface area contributed by atoms with E-state index in [4.69, 9.17) is 4.55 Å². The minimum absolute atomic E-state index is 0.0515. The summed E-state index contributed by atoms with van der Waals surface area (Å²) < 4.78 is 43.9. The van der Waals surface area contributed by atoms with E-state index in [1.807, 2.05) is 0 Å². The Morgan fingerprint density at radius 3 is 2.58 bits per heavy atom. The molecule has 0 aliphatic carbocycles. The zero-order chi connectivity index (χ0) is 13.9. The highest BCUT2D eigenvalue weighted by Gasteiger charge is 2.11. The third kappa shape index (κ3) is 4.04. The molecular formula is C11H11FN3O3S+. The molecule has 2 heterocycles. The van der Waals surface area contributed by atoms with E-state index in [1.54, 1.807) is 12.3 Å². The predicted molar refractivity (Wildman–Crippen MR) is 64.0 cm³/mol. The zero-order valence-corrected chi connectivity index (χ0v) is 10.6. The highest BCUT2D eigenvalue weighted by Crippen LogP contribution is 2.13. The van der Waals surface area contributed by atoms with E-state index in [-0.39, 0.29) is 6.54 Å². The van der Waals surface area contributed by atoms with Crippen LogP contribution in [0.15, 0.2) is 36.8 Å². The average Bonchev–Trinajstić information content (AvgIpc) is 2.37. The molecular weight excluding hydrogens is 273 g/mol. The van der Waals surface area contributed by atoms with Crippen molar-refractivity contribution in [2.75, 3.05) is 5.75 Å². The smallest absolute Gasteiger partial charge is 0.271 e. The van der Waals surface area contributed by atoms with E-state index < -0.39 is 21.7 Å². The molecule has 19 heavy (non-hydrogen) atoms. The van der Waals surface area contributed by atoms with E-state index in [1.165, 1.54) is 23.0 Å². The fraction of sp³-hybridized carbons (Fsp3) is 0.182. The number of nitrogens with zero attached hydrogens (tertiary/aromatic N) is 3. The average molecular weight is 284 g/mol. The molecule has 2 aromatic rings. The molecule has 0 radical (unpaired) electrons. The lowest BCUT2D eigenvalue weighted by Crippen LogP contribution is -2.40. The zero-order valence-electron chi connectivity index (χ0n) is 9.77. The van der Waals surface area contributed by atoms with Crippen LogP contribution in [-0.2, 0) is 16.7 Å². The lowest BCUT2D eigenvalue weighted by Gasteiger charge is -1.98. The number of pyridine rings is 1. The van der Waals surface area contributed by atoms with Crippen molar-refractivity contribution in [3.63, 3.8) is 0 Å². The van der Waals surface area contributed by atoms with Gasteiger partial charge in [0, 0.05) is 11.6 Å². The van der Waals surface area contributed by atoms with Crippen LogP contribution in [0.2, 0.25) is 0 Å². The highest BCUT2D eigenvalue weighted by atomic mass is 32.2. The summed E-state index contributed by atoms with van der Waals surface area (Å²) in [4.78, 5) is 3.90. The van der Waals surface area contributed by atoms with Crippen molar-refractivity contribution >= 4 is 10.1 Å². The van der Waals surface area contributed by atoms with Crippen LogP contribution in [-0.4, -0.2) is 28.8 Å². The third-order valence-electron chi connectivity index (χ3n) is 2.37. The highest BCUT2D eigenvalue weighted by molar-refractivity contribution is 7.85. The molecule has 8 heteroatoms. The first-order chi connectivity index (χ1) is 8.94. The van der Waals surface area contributed by atoms with Crippen molar-refractivity contribution in [2.45, 2.75) is 6.54 Å². The molecule has 0 unspecified atom stereocenters. The minimum atomic E-state index is -4.00. The van der Waals surface area contributed by atoms with Gasteiger partial charge in [-0.1, -0.05) is 4.68 Å². The first kappa shape index (κ1) is 13.5. The normalized spacial score (nSPS) is 11.5. The number of aryl methyl sites for hydroxylation is 1. The fourth-order valence-electron chi connectivity index (χ4n) is 1.42. The van der Waals surface area contributed by atoms with Crippen LogP contribution in [0.5, 0.6) is 0 Å². The van der Waals surface area contributed by atoms with Gasteiger partial charge < -0.3 is 0 Å². The first-order valence-electron chi connectivity index (χ1n) is 5.37. The standard InChI is InChI=1S/C11H10FN3O3S/c12-10-1-2-11(13-8-10)9-3-4-15(14-7-9)5-6-19(16,17)18/h1-4,7-8H,5-6H2/p+1. The monoisotopic (exact) mass is 284 g/mol. The van der Waals surface area contributed by atoms with Gasteiger partial charge in [-0.2, -0.15) is 8.42 Å². The molecule has 0 saturated carbocycles. The van der Waals surface area contributed by atoms with Gasteiger partial charge in [0.15, 0.2) is 12.7 Å². The molecule has 6 nitrogen and oxygen atoms in total. The maximum Gasteiger partial charge on any atom is 0.271 e. The Hall–Kier alpha value is -1.93. The van der Waals surface area contributed by atoms with Crippen LogP contribution in [0, 0.1) is 5.82 Å². The summed E-state index contributed by atoms with van der Waals surface area (Å²) in [5.74, 6) is -0.824. The Morgan fingerprint density at radius 2 is 2.05 bits per heavy atom. The van der Waals surface area contributed by atoms with Crippen LogP contribution < -0.4 is 4.68 Å². The van der Waals surface area contributed by atoms with Crippen molar-refractivity contribution in [3.8, 4) is 11.3 Å². The summed E-state index contributed by atoms with van der Waals surface area (Å²) >= 11 is 0. The second-order valence-electron chi connectivity index (χ2n) is 3.83. The molecule has 0 amide bonds. The number of rotatable bonds is 4. The van der Waals surface area contributed by atoms with Gasteiger partial charge in [0.1, 0.15) is 17.8 Å². The van der Waals surface area contributed by atoms with Crippen LogP contribution in [0.3, 0.4) is 0 Å². The molecule has 0 aromatic carbocycles. The van der Waals surface area contributed by atoms with Crippen molar-refractivity contribution in [3.05, 3.63) is 42.6 Å². The lowest BCUT2D eigenvalue weighted by atomic mass is 10.2. The molecule has 0 spiro atoms. The number of hydrogen-bond donors (Lipinski definition) is 1. The van der Waals surface area contributed by atoms with Crippen molar-refractivity contribution < 1.29 is 22.0 Å². The maximum atomic E-state index is 12.7. The van der Waals surface area contributed by atoms with Gasteiger partial charge in [0.2, 0.25) is 0 Å². The van der Waals surface area contributed by atoms with E-state index >= 15 is 0 Å². The Bertz CT molecular complexity index is 657. The second kappa shape index (κ2) is 5.37. The Balaban J connectivity index is 2.12. The van der Waals surface area contributed by atoms with Crippen LogP contribution >= 0.6 is 0 Å². The second-order valence-corrected chi connectivity index (χ2v) is 5.40. The maximum absolute atomic E-state index is 12.7. The molecule has 1 N–H and O–H groups in total. The number of aromatic nitrogens is 3. The van der Waals surface area contributed by atoms with Crippen LogP contribution in [0.1, 0.15) is 0 Å². The van der Waals surface area contributed by atoms with E-state index in [2.05, 4.69) is 10.1 Å². The van der Waals surface area contributed by atoms with Crippen molar-refractivity contribution in [1.82, 2.24) is 10.1 Å². The Morgan fingerprint density at radius 1 is 1.26 bits per heavy atom. The van der Waals surface area contributed by atoms with Gasteiger partial charge in [0.25, 0.3) is 10.1 Å². The predicted octanol–water partition coefficient (Wildman–Crippen LogP) is 0.458. The molecule has 0 aliphatic rings. The molecule has 2 rings (SSSR count). The quantitative estimate of drug-likeness (QED) is 0.651. The summed E-state index contributed by atoms with van der Waals surface area (Å²) in [6, 6.07) is 4.49. The van der Waals surface area contributed by atoms with Crippen LogP contribution in [0.25, 0.3) is 11.3 Å². The summed E-state index contributed by atoms with van der Waals surface area (Å²) in [5.41, 5.74) is 1.25. The van der Waals surface area contributed by atoms with E-state index in [9.17, 15) is 12.8 Å². The van der Waals surface area contributed by atoms with E-state index in [0.29, 0.717) is 11.3 Å². The largest absolute Gasteiger partial charge is 0.285 e. The SMILES string of the molecule is O=S(=O)(O)CC[n+]1ccc(-c2ccc(F)cn2)cn1. The summed E-state index contributed by atoms with van der Waals surface area (Å²) in [6.45, 7) is 0.0515. The van der Waals surface area contributed by atoms with Gasteiger partial charge in [-0.25, -0.2) is 4.39 Å².